The Hall–Kier alpha value is -2.88. The van der Waals surface area contributed by atoms with E-state index < -0.39 is 0 Å². The van der Waals surface area contributed by atoms with Gasteiger partial charge in [0.1, 0.15) is 15.9 Å². The van der Waals surface area contributed by atoms with Crippen LogP contribution in [0, 0.1) is 11.3 Å². The number of ether oxygens (including phenoxy) is 2. The van der Waals surface area contributed by atoms with Gasteiger partial charge < -0.3 is 14.4 Å². The van der Waals surface area contributed by atoms with Crippen LogP contribution in [-0.4, -0.2) is 38.9 Å². The van der Waals surface area contributed by atoms with Crippen molar-refractivity contribution in [3.63, 3.8) is 0 Å². The lowest BCUT2D eigenvalue weighted by atomic mass is 9.99. The molecule has 1 fully saturated rings. The second-order valence-electron chi connectivity index (χ2n) is 7.20. The number of nitrogens with zero attached hydrogens (tertiary/aromatic N) is 2. The Morgan fingerprint density at radius 3 is 2.67 bits per heavy atom. The number of esters is 1. The molecule has 0 radical (unpaired) electrons. The number of rotatable bonds is 6. The van der Waals surface area contributed by atoms with Crippen LogP contribution in [0.15, 0.2) is 42.5 Å². The maximum Gasteiger partial charge on any atom is 0.348 e. The van der Waals surface area contributed by atoms with E-state index in [0.29, 0.717) is 36.7 Å². The van der Waals surface area contributed by atoms with Crippen LogP contribution in [0.3, 0.4) is 0 Å². The smallest absolute Gasteiger partial charge is 0.348 e. The molecular weight excluding hydrogens is 396 g/mol. The van der Waals surface area contributed by atoms with Crippen molar-refractivity contribution < 1.29 is 14.3 Å². The number of thiophene rings is 1. The summed E-state index contributed by atoms with van der Waals surface area (Å²) in [6.07, 6.45) is 1.38. The average Bonchev–Trinajstić information content (AvgIpc) is 3.17. The van der Waals surface area contributed by atoms with Crippen LogP contribution in [0.2, 0.25) is 0 Å². The number of morpholine rings is 1. The van der Waals surface area contributed by atoms with Crippen molar-refractivity contribution >= 4 is 33.1 Å². The van der Waals surface area contributed by atoms with Gasteiger partial charge in [0.2, 0.25) is 0 Å². The zero-order valence-corrected chi connectivity index (χ0v) is 17.8. The zero-order valence-electron chi connectivity index (χ0n) is 17.0. The number of carbonyl (C=O) groups is 1. The highest BCUT2D eigenvalue weighted by atomic mass is 32.1. The Balaban J connectivity index is 1.66. The van der Waals surface area contributed by atoms with Crippen LogP contribution >= 0.6 is 11.3 Å². The lowest BCUT2D eigenvalue weighted by Crippen LogP contribution is -2.36. The fourth-order valence-corrected chi connectivity index (χ4v) is 5.07. The number of hydrogen-bond donors (Lipinski definition) is 0. The second-order valence-corrected chi connectivity index (χ2v) is 8.20. The molecule has 6 heteroatoms. The minimum atomic E-state index is -0.341. The van der Waals surface area contributed by atoms with Crippen molar-refractivity contribution in [2.24, 2.45) is 0 Å². The van der Waals surface area contributed by atoms with Crippen LogP contribution in [0.4, 0.5) is 5.00 Å². The van der Waals surface area contributed by atoms with Crippen LogP contribution in [-0.2, 0) is 22.3 Å². The first-order chi connectivity index (χ1) is 14.7. The van der Waals surface area contributed by atoms with E-state index in [2.05, 4.69) is 41.3 Å². The van der Waals surface area contributed by atoms with E-state index in [1.54, 1.807) is 6.92 Å². The molecule has 0 spiro atoms. The molecule has 4 rings (SSSR count). The molecule has 1 saturated heterocycles. The molecule has 0 saturated carbocycles. The number of fused-ring (bicyclic) bond motifs is 1. The van der Waals surface area contributed by atoms with Gasteiger partial charge in [-0.05, 0) is 41.7 Å². The monoisotopic (exact) mass is 420 g/mol. The Morgan fingerprint density at radius 2 is 1.93 bits per heavy atom. The number of hydrogen-bond acceptors (Lipinski definition) is 6. The fraction of sp³-hybridized carbons (Fsp3) is 0.333. The SMILES string of the molecule is CCOC(=O)c1sc(N2CCOCC2)c(C#N)c1CCc1ccc2ccccc2c1. The molecule has 30 heavy (non-hydrogen) atoms. The van der Waals surface area contributed by atoms with E-state index in [1.807, 2.05) is 12.1 Å². The maximum atomic E-state index is 12.7. The fourth-order valence-electron chi connectivity index (χ4n) is 3.82. The predicted molar refractivity (Wildman–Crippen MR) is 119 cm³/mol. The number of carbonyl (C=O) groups excluding carboxylic acids is 1. The molecule has 3 aromatic rings. The lowest BCUT2D eigenvalue weighted by Gasteiger charge is -2.27. The molecule has 1 aliphatic rings. The molecule has 0 N–H and O–H groups in total. The maximum absolute atomic E-state index is 12.7. The average molecular weight is 421 g/mol. The summed E-state index contributed by atoms with van der Waals surface area (Å²) >= 11 is 1.38. The first-order valence-corrected chi connectivity index (χ1v) is 11.1. The summed E-state index contributed by atoms with van der Waals surface area (Å²) in [5, 5.41) is 13.2. The first-order valence-electron chi connectivity index (χ1n) is 10.2. The largest absolute Gasteiger partial charge is 0.462 e. The minimum Gasteiger partial charge on any atom is -0.462 e. The highest BCUT2D eigenvalue weighted by Crippen LogP contribution is 2.37. The summed E-state index contributed by atoms with van der Waals surface area (Å²) in [5.41, 5.74) is 2.59. The van der Waals surface area contributed by atoms with E-state index in [9.17, 15) is 10.1 Å². The lowest BCUT2D eigenvalue weighted by molar-refractivity contribution is 0.0531. The Morgan fingerprint density at radius 1 is 1.17 bits per heavy atom. The van der Waals surface area contributed by atoms with Crippen molar-refractivity contribution in [1.29, 1.82) is 5.26 Å². The van der Waals surface area contributed by atoms with E-state index in [1.165, 1.54) is 27.7 Å². The Labute approximate surface area is 180 Å². The van der Waals surface area contributed by atoms with Crippen molar-refractivity contribution in [3.8, 4) is 6.07 Å². The Bertz CT molecular complexity index is 1090. The summed E-state index contributed by atoms with van der Waals surface area (Å²) in [6.45, 7) is 4.82. The highest BCUT2D eigenvalue weighted by Gasteiger charge is 2.27. The zero-order chi connectivity index (χ0) is 20.9. The molecule has 2 heterocycles. The second kappa shape index (κ2) is 9.29. The third-order valence-corrected chi connectivity index (χ3v) is 6.61. The van der Waals surface area contributed by atoms with Gasteiger partial charge in [-0.1, -0.05) is 42.5 Å². The number of aryl methyl sites for hydroxylation is 1. The van der Waals surface area contributed by atoms with Crippen LogP contribution in [0.5, 0.6) is 0 Å². The summed E-state index contributed by atoms with van der Waals surface area (Å²) in [5.74, 6) is -0.341. The molecule has 5 nitrogen and oxygen atoms in total. The van der Waals surface area contributed by atoms with E-state index >= 15 is 0 Å². The van der Waals surface area contributed by atoms with Gasteiger partial charge >= 0.3 is 5.97 Å². The first kappa shape index (κ1) is 20.4. The van der Waals surface area contributed by atoms with Gasteiger partial charge in [0.05, 0.1) is 25.4 Å². The molecule has 1 aromatic heterocycles. The predicted octanol–water partition coefficient (Wildman–Crippen LogP) is 4.57. The van der Waals surface area contributed by atoms with Gasteiger partial charge in [0, 0.05) is 13.1 Å². The number of anilines is 1. The van der Waals surface area contributed by atoms with Gasteiger partial charge in [-0.3, -0.25) is 0 Å². The molecule has 0 atom stereocenters. The van der Waals surface area contributed by atoms with Crippen LogP contribution < -0.4 is 4.90 Å². The molecular formula is C24H24N2O3S. The third-order valence-electron chi connectivity index (χ3n) is 5.34. The van der Waals surface area contributed by atoms with Crippen molar-refractivity contribution in [1.82, 2.24) is 0 Å². The summed E-state index contributed by atoms with van der Waals surface area (Å²) in [7, 11) is 0. The molecule has 0 bridgehead atoms. The van der Waals surface area contributed by atoms with E-state index in [0.717, 1.165) is 30.1 Å². The summed E-state index contributed by atoms with van der Waals surface area (Å²) in [6, 6.07) is 17.1. The minimum absolute atomic E-state index is 0.315. The molecule has 154 valence electrons. The van der Waals surface area contributed by atoms with Crippen LogP contribution in [0.25, 0.3) is 10.8 Å². The van der Waals surface area contributed by atoms with E-state index in [4.69, 9.17) is 9.47 Å². The third kappa shape index (κ3) is 4.18. The number of benzene rings is 2. The Kier molecular flexibility index (Phi) is 6.32. The van der Waals surface area contributed by atoms with Crippen LogP contribution in [0.1, 0.15) is 33.3 Å². The van der Waals surface area contributed by atoms with Gasteiger partial charge in [0.25, 0.3) is 0 Å². The molecule has 0 amide bonds. The quantitative estimate of drug-likeness (QED) is 0.547. The summed E-state index contributed by atoms with van der Waals surface area (Å²) in [4.78, 5) is 15.4. The number of nitriles is 1. The summed E-state index contributed by atoms with van der Waals surface area (Å²) < 4.78 is 10.7. The van der Waals surface area contributed by atoms with Gasteiger partial charge in [0.15, 0.2) is 0 Å². The molecule has 0 aliphatic carbocycles. The van der Waals surface area contributed by atoms with Gasteiger partial charge in [-0.15, -0.1) is 11.3 Å². The molecule has 1 aliphatic heterocycles. The molecule has 0 unspecified atom stereocenters. The topological polar surface area (TPSA) is 62.6 Å². The normalized spacial score (nSPS) is 13.9. The van der Waals surface area contributed by atoms with Gasteiger partial charge in [-0.2, -0.15) is 5.26 Å². The van der Waals surface area contributed by atoms with Gasteiger partial charge in [-0.25, -0.2) is 4.79 Å². The van der Waals surface area contributed by atoms with E-state index in [-0.39, 0.29) is 5.97 Å². The van der Waals surface area contributed by atoms with Crippen molar-refractivity contribution in [3.05, 3.63) is 64.0 Å². The standard InChI is InChI=1S/C24H24N2O3S/c1-2-29-24(27)22-20(21(16-25)23(30-22)26-11-13-28-14-12-26)10-8-17-7-9-18-5-3-4-6-19(18)15-17/h3-7,9,15H,2,8,10-14H2,1H3. The molecule has 2 aromatic carbocycles. The van der Waals surface area contributed by atoms with Crippen molar-refractivity contribution in [2.45, 2.75) is 19.8 Å². The highest BCUT2D eigenvalue weighted by molar-refractivity contribution is 7.18. The van der Waals surface area contributed by atoms with Crippen molar-refractivity contribution in [2.75, 3.05) is 37.8 Å².